The summed E-state index contributed by atoms with van der Waals surface area (Å²) in [5.41, 5.74) is 6.81. The second kappa shape index (κ2) is 7.66. The molecule has 2 heteroatoms. The summed E-state index contributed by atoms with van der Waals surface area (Å²) in [6.45, 7) is 4.45. The minimum Gasteiger partial charge on any atom is -0.163 e. The van der Waals surface area contributed by atoms with Gasteiger partial charge in [-0.2, -0.15) is 12.6 Å². The summed E-state index contributed by atoms with van der Waals surface area (Å²) in [4.78, 5) is 0. The molecule has 0 bridgehead atoms. The lowest BCUT2D eigenvalue weighted by molar-refractivity contribution is 0.555. The lowest BCUT2D eigenvalue weighted by Gasteiger charge is -2.27. The Morgan fingerprint density at radius 3 is 2.25 bits per heavy atom. The predicted octanol–water partition coefficient (Wildman–Crippen LogP) is 7.66. The van der Waals surface area contributed by atoms with Crippen molar-refractivity contribution < 1.29 is 0 Å². The Bertz CT molecular complexity index is 668. The van der Waals surface area contributed by atoms with Crippen LogP contribution in [0.3, 0.4) is 0 Å². The number of thiol groups is 1. The Hall–Kier alpha value is -0.730. The van der Waals surface area contributed by atoms with Gasteiger partial charge in [-0.25, -0.2) is 0 Å². The van der Waals surface area contributed by atoms with Crippen LogP contribution in [0.4, 0.5) is 0 Å². The van der Waals surface area contributed by atoms with E-state index in [4.69, 9.17) is 12.6 Å². The van der Waals surface area contributed by atoms with E-state index in [0.717, 1.165) is 10.9 Å². The molecule has 0 N–H and O–H groups in total. The van der Waals surface area contributed by atoms with Crippen molar-refractivity contribution in [2.75, 3.05) is 0 Å². The summed E-state index contributed by atoms with van der Waals surface area (Å²) in [7, 11) is 0. The van der Waals surface area contributed by atoms with Crippen molar-refractivity contribution in [2.45, 2.75) is 63.5 Å². The summed E-state index contributed by atoms with van der Waals surface area (Å²) in [6.07, 6.45) is 9.06. The van der Waals surface area contributed by atoms with E-state index in [-0.39, 0.29) is 4.75 Å². The highest BCUT2D eigenvalue weighted by molar-refractivity contribution is 9.10. The molecule has 1 aliphatic carbocycles. The maximum atomic E-state index is 5.26. The zero-order chi connectivity index (χ0) is 17.2. The highest BCUT2D eigenvalue weighted by Gasteiger charge is 2.39. The number of benzene rings is 2. The fraction of sp³-hybridized carbons (Fsp3) is 0.455. The van der Waals surface area contributed by atoms with Gasteiger partial charge in [0.15, 0.2) is 0 Å². The van der Waals surface area contributed by atoms with E-state index >= 15 is 0 Å². The van der Waals surface area contributed by atoms with Crippen LogP contribution in [0.5, 0.6) is 0 Å². The second-order valence-corrected chi connectivity index (χ2v) is 8.80. The molecule has 3 rings (SSSR count). The fourth-order valence-corrected chi connectivity index (χ4v) is 4.79. The average Bonchev–Trinajstić information content (AvgIpc) is 2.80. The smallest absolute Gasteiger partial charge is 0.0639 e. The standard InChI is InChI=1S/C22H27BrS/c1-3-4-5-6-7-8-13-22(24)20-14-16(2)9-11-18(20)19-12-10-17(23)15-21(19)22/h9-12,14-15,24H,3-8,13H2,1-2H3. The van der Waals surface area contributed by atoms with Gasteiger partial charge in [0.1, 0.15) is 0 Å². The molecule has 0 spiro atoms. The molecule has 0 saturated heterocycles. The van der Waals surface area contributed by atoms with E-state index in [1.54, 1.807) is 0 Å². The van der Waals surface area contributed by atoms with E-state index in [2.05, 4.69) is 66.2 Å². The van der Waals surface area contributed by atoms with Crippen LogP contribution in [0, 0.1) is 6.92 Å². The first-order valence-corrected chi connectivity index (χ1v) is 10.4. The van der Waals surface area contributed by atoms with Gasteiger partial charge >= 0.3 is 0 Å². The molecule has 128 valence electrons. The van der Waals surface area contributed by atoms with Crippen LogP contribution in [0.2, 0.25) is 0 Å². The fourth-order valence-electron chi connectivity index (χ4n) is 3.90. The van der Waals surface area contributed by atoms with Crippen molar-refractivity contribution in [1.82, 2.24) is 0 Å². The predicted molar refractivity (Wildman–Crippen MR) is 112 cm³/mol. The Morgan fingerprint density at radius 2 is 1.50 bits per heavy atom. The van der Waals surface area contributed by atoms with Gasteiger partial charge in [-0.1, -0.05) is 91.2 Å². The number of unbranched alkanes of at least 4 members (excludes halogenated alkanes) is 5. The lowest BCUT2D eigenvalue weighted by Crippen LogP contribution is -2.17. The Labute approximate surface area is 160 Å². The number of rotatable bonds is 7. The third-order valence-corrected chi connectivity index (χ3v) is 6.43. The first-order chi connectivity index (χ1) is 11.6. The van der Waals surface area contributed by atoms with Crippen LogP contribution in [-0.2, 0) is 4.75 Å². The molecular weight excluding hydrogens is 376 g/mol. The van der Waals surface area contributed by atoms with Gasteiger partial charge in [0.05, 0.1) is 4.75 Å². The third-order valence-electron chi connectivity index (χ3n) is 5.23. The first kappa shape index (κ1) is 18.1. The molecule has 1 aliphatic rings. The highest BCUT2D eigenvalue weighted by atomic mass is 79.9. The Morgan fingerprint density at radius 1 is 0.875 bits per heavy atom. The lowest BCUT2D eigenvalue weighted by atomic mass is 9.89. The molecule has 0 aliphatic heterocycles. The van der Waals surface area contributed by atoms with Crippen molar-refractivity contribution in [2.24, 2.45) is 0 Å². The van der Waals surface area contributed by atoms with E-state index < -0.39 is 0 Å². The maximum absolute atomic E-state index is 5.26. The molecule has 1 atom stereocenters. The zero-order valence-corrected chi connectivity index (χ0v) is 17.2. The zero-order valence-electron chi connectivity index (χ0n) is 14.7. The molecule has 0 amide bonds. The van der Waals surface area contributed by atoms with Crippen LogP contribution in [0.15, 0.2) is 40.9 Å². The monoisotopic (exact) mass is 402 g/mol. The summed E-state index contributed by atoms with van der Waals surface area (Å²) < 4.78 is 0.998. The molecule has 0 fully saturated rings. The van der Waals surface area contributed by atoms with Gasteiger partial charge in [-0.15, -0.1) is 0 Å². The van der Waals surface area contributed by atoms with Crippen LogP contribution in [0.1, 0.15) is 68.6 Å². The van der Waals surface area contributed by atoms with Crippen LogP contribution in [0.25, 0.3) is 11.1 Å². The summed E-state index contributed by atoms with van der Waals surface area (Å²) >= 11 is 8.91. The number of hydrogen-bond acceptors (Lipinski definition) is 1. The molecule has 0 heterocycles. The van der Waals surface area contributed by atoms with Crippen LogP contribution < -0.4 is 0 Å². The van der Waals surface area contributed by atoms with Crippen LogP contribution in [-0.4, -0.2) is 0 Å². The summed E-state index contributed by atoms with van der Waals surface area (Å²) in [6, 6.07) is 13.5. The van der Waals surface area contributed by atoms with Crippen molar-refractivity contribution in [3.63, 3.8) is 0 Å². The van der Waals surface area contributed by atoms with E-state index in [0.29, 0.717) is 0 Å². The van der Waals surface area contributed by atoms with Gasteiger partial charge in [0.2, 0.25) is 0 Å². The highest BCUT2D eigenvalue weighted by Crippen LogP contribution is 2.54. The molecule has 1 unspecified atom stereocenters. The molecular formula is C22H27BrS. The van der Waals surface area contributed by atoms with Crippen molar-refractivity contribution >= 4 is 28.6 Å². The van der Waals surface area contributed by atoms with Gasteiger partial charge in [-0.3, -0.25) is 0 Å². The number of halogens is 1. The van der Waals surface area contributed by atoms with E-state index in [9.17, 15) is 0 Å². The minimum absolute atomic E-state index is 0.148. The maximum Gasteiger partial charge on any atom is 0.0639 e. The van der Waals surface area contributed by atoms with Crippen LogP contribution >= 0.6 is 28.6 Å². The molecule has 2 aromatic rings. The normalized spacial score (nSPS) is 18.5. The quantitative estimate of drug-likeness (QED) is 0.356. The summed E-state index contributed by atoms with van der Waals surface area (Å²) in [5.74, 6) is 0. The topological polar surface area (TPSA) is 0 Å². The largest absolute Gasteiger partial charge is 0.163 e. The summed E-state index contributed by atoms with van der Waals surface area (Å²) in [5, 5.41) is 0. The van der Waals surface area contributed by atoms with Crippen molar-refractivity contribution in [3.05, 3.63) is 57.6 Å². The van der Waals surface area contributed by atoms with Gasteiger partial charge in [0, 0.05) is 4.47 Å². The minimum atomic E-state index is -0.148. The molecule has 0 radical (unpaired) electrons. The first-order valence-electron chi connectivity index (χ1n) is 9.20. The average molecular weight is 403 g/mol. The number of aryl methyl sites for hydroxylation is 1. The molecule has 0 nitrogen and oxygen atoms in total. The van der Waals surface area contributed by atoms with Crippen molar-refractivity contribution in [1.29, 1.82) is 0 Å². The SMILES string of the molecule is CCCCCCCCC1(S)c2cc(C)ccc2-c2ccc(Br)cc21. The van der Waals surface area contributed by atoms with Gasteiger partial charge in [0.25, 0.3) is 0 Å². The van der Waals surface area contributed by atoms with E-state index in [1.807, 2.05) is 0 Å². The third kappa shape index (κ3) is 3.46. The number of hydrogen-bond donors (Lipinski definition) is 1. The molecule has 0 saturated carbocycles. The van der Waals surface area contributed by atoms with Gasteiger partial charge in [-0.05, 0) is 47.7 Å². The van der Waals surface area contributed by atoms with Gasteiger partial charge < -0.3 is 0 Å². The molecule has 2 aromatic carbocycles. The van der Waals surface area contributed by atoms with Crippen molar-refractivity contribution in [3.8, 4) is 11.1 Å². The number of fused-ring (bicyclic) bond motifs is 3. The second-order valence-electron chi connectivity index (χ2n) is 7.12. The Balaban J connectivity index is 1.86. The molecule has 0 aromatic heterocycles. The van der Waals surface area contributed by atoms with E-state index in [1.165, 1.54) is 66.3 Å². The molecule has 24 heavy (non-hydrogen) atoms. The Kier molecular flexibility index (Phi) is 5.77.